The van der Waals surface area contributed by atoms with Gasteiger partial charge in [-0.25, -0.2) is 0 Å². The number of aryl methyl sites for hydroxylation is 1. The number of nitrogens with zero attached hydrogens (tertiary/aromatic N) is 3. The number of aromatic nitrogens is 1. The molecule has 128 valence electrons. The molecule has 7 heteroatoms. The summed E-state index contributed by atoms with van der Waals surface area (Å²) in [6, 6.07) is 4.25. The second-order valence-electron chi connectivity index (χ2n) is 6.31. The van der Waals surface area contributed by atoms with Crippen LogP contribution in [0.25, 0.3) is 10.9 Å². The van der Waals surface area contributed by atoms with Crippen LogP contribution in [-0.4, -0.2) is 69.2 Å². The summed E-state index contributed by atoms with van der Waals surface area (Å²) >= 11 is 0. The van der Waals surface area contributed by atoms with Gasteiger partial charge in [0.1, 0.15) is 11.8 Å². The van der Waals surface area contributed by atoms with Crippen molar-refractivity contribution in [3.63, 3.8) is 0 Å². The summed E-state index contributed by atoms with van der Waals surface area (Å²) in [5, 5.41) is 19.8. The number of piperazine rings is 1. The number of hydrogen-bond acceptors (Lipinski definition) is 4. The van der Waals surface area contributed by atoms with Crippen LogP contribution in [0.5, 0.6) is 5.75 Å². The summed E-state index contributed by atoms with van der Waals surface area (Å²) in [5.74, 6) is -1.02. The number of carbonyl (C=O) groups excluding carboxylic acids is 1. The molecular formula is C17H21N3O4. The van der Waals surface area contributed by atoms with Crippen molar-refractivity contribution in [2.45, 2.75) is 13.0 Å². The van der Waals surface area contributed by atoms with E-state index in [1.165, 1.54) is 0 Å². The molecule has 1 aliphatic heterocycles. The molecule has 1 amide bonds. The number of carboxylic acid groups (broad SMARTS) is 1. The largest absolute Gasteiger partial charge is 0.508 e. The third-order valence-electron chi connectivity index (χ3n) is 4.91. The van der Waals surface area contributed by atoms with E-state index in [1.54, 1.807) is 35.0 Å². The van der Waals surface area contributed by atoms with Crippen LogP contribution in [0.1, 0.15) is 16.1 Å². The molecule has 1 aromatic heterocycles. The zero-order chi connectivity index (χ0) is 17.6. The highest BCUT2D eigenvalue weighted by Crippen LogP contribution is 2.29. The van der Waals surface area contributed by atoms with Gasteiger partial charge in [0.05, 0.1) is 5.56 Å². The molecular weight excluding hydrogens is 310 g/mol. The molecule has 1 fully saturated rings. The Bertz CT molecular complexity index is 827. The van der Waals surface area contributed by atoms with E-state index in [1.807, 2.05) is 18.5 Å². The summed E-state index contributed by atoms with van der Waals surface area (Å²) in [6.45, 7) is 3.00. The monoisotopic (exact) mass is 331 g/mol. The van der Waals surface area contributed by atoms with Crippen molar-refractivity contribution >= 4 is 22.8 Å². The predicted molar refractivity (Wildman–Crippen MR) is 89.3 cm³/mol. The smallest absolute Gasteiger partial charge is 0.322 e. The topological polar surface area (TPSA) is 86.0 Å². The van der Waals surface area contributed by atoms with Crippen molar-refractivity contribution in [2.24, 2.45) is 7.05 Å². The standard InChI is InChI=1S/C17H21N3O4/c1-10-15(12-8-11(21)4-5-13(12)19(10)3)16(22)20-7-6-18(2)14(9-20)17(23)24/h4-5,8,14,21H,6-7,9H2,1-3H3,(H,23,24). The van der Waals surface area contributed by atoms with E-state index in [4.69, 9.17) is 0 Å². The quantitative estimate of drug-likeness (QED) is 0.858. The molecule has 1 saturated heterocycles. The maximum atomic E-state index is 13.1. The van der Waals surface area contributed by atoms with E-state index in [0.29, 0.717) is 24.0 Å². The van der Waals surface area contributed by atoms with Gasteiger partial charge in [0.15, 0.2) is 0 Å². The van der Waals surface area contributed by atoms with Gasteiger partial charge in [-0.1, -0.05) is 0 Å². The molecule has 2 aromatic rings. The number of phenolic OH excluding ortho intramolecular Hbond substituents is 1. The van der Waals surface area contributed by atoms with Gasteiger partial charge in [-0.3, -0.25) is 14.5 Å². The number of aliphatic carboxylic acids is 1. The average Bonchev–Trinajstić information content (AvgIpc) is 2.77. The minimum Gasteiger partial charge on any atom is -0.508 e. The molecule has 0 radical (unpaired) electrons. The Morgan fingerprint density at radius 2 is 1.92 bits per heavy atom. The predicted octanol–water partition coefficient (Wildman–Crippen LogP) is 1.03. The highest BCUT2D eigenvalue weighted by molar-refractivity contribution is 6.09. The number of fused-ring (bicyclic) bond motifs is 1. The van der Waals surface area contributed by atoms with Crippen molar-refractivity contribution in [3.8, 4) is 5.75 Å². The van der Waals surface area contributed by atoms with E-state index in [2.05, 4.69) is 0 Å². The summed E-state index contributed by atoms with van der Waals surface area (Å²) in [7, 11) is 3.62. The summed E-state index contributed by atoms with van der Waals surface area (Å²) in [5.41, 5.74) is 2.18. The van der Waals surface area contributed by atoms with Crippen molar-refractivity contribution in [1.82, 2.24) is 14.4 Å². The Balaban J connectivity index is 2.01. The van der Waals surface area contributed by atoms with Gasteiger partial charge in [0.25, 0.3) is 5.91 Å². The maximum Gasteiger partial charge on any atom is 0.322 e. The number of rotatable bonds is 2. The summed E-state index contributed by atoms with van der Waals surface area (Å²) in [4.78, 5) is 27.8. The van der Waals surface area contributed by atoms with E-state index >= 15 is 0 Å². The van der Waals surface area contributed by atoms with Gasteiger partial charge >= 0.3 is 5.97 Å². The fourth-order valence-electron chi connectivity index (χ4n) is 3.31. The normalized spacial score (nSPS) is 19.0. The first-order valence-corrected chi connectivity index (χ1v) is 7.81. The third kappa shape index (κ3) is 2.50. The van der Waals surface area contributed by atoms with Gasteiger partial charge < -0.3 is 19.7 Å². The van der Waals surface area contributed by atoms with E-state index < -0.39 is 12.0 Å². The molecule has 0 bridgehead atoms. The first-order chi connectivity index (χ1) is 11.3. The lowest BCUT2D eigenvalue weighted by atomic mass is 10.1. The third-order valence-corrected chi connectivity index (χ3v) is 4.91. The second-order valence-corrected chi connectivity index (χ2v) is 6.31. The van der Waals surface area contributed by atoms with E-state index in [0.717, 1.165) is 11.2 Å². The molecule has 7 nitrogen and oxygen atoms in total. The van der Waals surface area contributed by atoms with Crippen LogP contribution in [-0.2, 0) is 11.8 Å². The van der Waals surface area contributed by atoms with Crippen LogP contribution < -0.4 is 0 Å². The minimum absolute atomic E-state index is 0.101. The number of hydrogen-bond donors (Lipinski definition) is 2. The first-order valence-electron chi connectivity index (χ1n) is 7.81. The summed E-state index contributed by atoms with van der Waals surface area (Å²) < 4.78 is 1.91. The average molecular weight is 331 g/mol. The number of amides is 1. The molecule has 0 aliphatic carbocycles. The summed E-state index contributed by atoms with van der Waals surface area (Å²) in [6.07, 6.45) is 0. The number of carbonyl (C=O) groups is 2. The molecule has 3 rings (SSSR count). The van der Waals surface area contributed by atoms with E-state index in [-0.39, 0.29) is 18.2 Å². The van der Waals surface area contributed by atoms with Gasteiger partial charge in [-0.2, -0.15) is 0 Å². The van der Waals surface area contributed by atoms with Gasteiger partial charge in [0.2, 0.25) is 0 Å². The highest BCUT2D eigenvalue weighted by atomic mass is 16.4. The molecule has 0 spiro atoms. The lowest BCUT2D eigenvalue weighted by molar-refractivity contribution is -0.144. The Morgan fingerprint density at radius 3 is 2.58 bits per heavy atom. The van der Waals surface area contributed by atoms with Gasteiger partial charge in [-0.15, -0.1) is 0 Å². The van der Waals surface area contributed by atoms with Gasteiger partial charge in [-0.05, 0) is 32.2 Å². The SMILES string of the molecule is Cc1c(C(=O)N2CCN(C)C(C(=O)O)C2)c2cc(O)ccc2n1C. The lowest BCUT2D eigenvalue weighted by Crippen LogP contribution is -2.56. The number of phenols is 1. The second kappa shape index (κ2) is 5.83. The zero-order valence-electron chi connectivity index (χ0n) is 14.0. The molecule has 24 heavy (non-hydrogen) atoms. The van der Waals surface area contributed by atoms with Crippen LogP contribution in [0, 0.1) is 6.92 Å². The fourth-order valence-corrected chi connectivity index (χ4v) is 3.31. The van der Waals surface area contributed by atoms with Crippen molar-refractivity contribution < 1.29 is 19.8 Å². The lowest BCUT2D eigenvalue weighted by Gasteiger charge is -2.37. The molecule has 2 N–H and O–H groups in total. The molecule has 2 heterocycles. The Labute approximate surface area is 139 Å². The van der Waals surface area contributed by atoms with Crippen LogP contribution in [0.2, 0.25) is 0 Å². The number of carboxylic acids is 1. The zero-order valence-corrected chi connectivity index (χ0v) is 14.0. The first kappa shape index (κ1) is 16.3. The van der Waals surface area contributed by atoms with Crippen molar-refractivity contribution in [2.75, 3.05) is 26.7 Å². The molecule has 1 unspecified atom stereocenters. The van der Waals surface area contributed by atoms with E-state index in [9.17, 15) is 19.8 Å². The minimum atomic E-state index is -0.928. The van der Waals surface area contributed by atoms with Crippen LogP contribution >= 0.6 is 0 Å². The van der Waals surface area contributed by atoms with Crippen molar-refractivity contribution in [1.29, 1.82) is 0 Å². The number of benzene rings is 1. The Hall–Kier alpha value is -2.54. The van der Waals surface area contributed by atoms with Gasteiger partial charge in [0, 0.05) is 43.3 Å². The Kier molecular flexibility index (Phi) is 3.96. The number of likely N-dealkylation sites (N-methyl/N-ethyl adjacent to an activating group) is 1. The van der Waals surface area contributed by atoms with Crippen LogP contribution in [0.3, 0.4) is 0 Å². The molecule has 0 saturated carbocycles. The molecule has 1 aromatic carbocycles. The number of aromatic hydroxyl groups is 1. The maximum absolute atomic E-state index is 13.1. The molecule has 1 atom stereocenters. The van der Waals surface area contributed by atoms with Crippen molar-refractivity contribution in [3.05, 3.63) is 29.5 Å². The van der Waals surface area contributed by atoms with Crippen LogP contribution in [0.15, 0.2) is 18.2 Å². The van der Waals surface area contributed by atoms with Crippen LogP contribution in [0.4, 0.5) is 0 Å². The fraction of sp³-hybridized carbons (Fsp3) is 0.412. The highest BCUT2D eigenvalue weighted by Gasteiger charge is 2.34. The molecule has 1 aliphatic rings. The Morgan fingerprint density at radius 1 is 1.21 bits per heavy atom.